The molecule has 2 aliphatic rings. The molecule has 0 radical (unpaired) electrons. The molecule has 1 saturated carbocycles. The largest absolute Gasteiger partial charge is 0.366 e. The van der Waals surface area contributed by atoms with Crippen molar-refractivity contribution in [2.45, 2.75) is 76.9 Å². The Kier molecular flexibility index (Phi) is 4.14. The summed E-state index contributed by atoms with van der Waals surface area (Å²) in [5.74, 6) is 0.962. The first-order valence-electron chi connectivity index (χ1n) is 7.52. The van der Waals surface area contributed by atoms with E-state index in [-0.39, 0.29) is 11.2 Å². The number of rotatable bonds is 3. The molecule has 100 valence electrons. The third kappa shape index (κ3) is 3.03. The van der Waals surface area contributed by atoms with Gasteiger partial charge in [0, 0.05) is 13.1 Å². The number of ether oxygens (including phenoxy) is 1. The Labute approximate surface area is 107 Å². The third-order valence-corrected chi connectivity index (χ3v) is 4.87. The van der Waals surface area contributed by atoms with E-state index >= 15 is 0 Å². The fourth-order valence-corrected chi connectivity index (χ4v) is 3.53. The molecular weight excluding hydrogens is 210 g/mol. The van der Waals surface area contributed by atoms with E-state index in [0.29, 0.717) is 0 Å². The fraction of sp³-hybridized carbons (Fsp3) is 1.00. The summed E-state index contributed by atoms with van der Waals surface area (Å²) in [4.78, 5) is 0. The Morgan fingerprint density at radius 3 is 2.47 bits per heavy atom. The highest BCUT2D eigenvalue weighted by molar-refractivity contribution is 4.96. The molecule has 1 unspecified atom stereocenters. The first kappa shape index (κ1) is 13.4. The molecule has 2 fully saturated rings. The summed E-state index contributed by atoms with van der Waals surface area (Å²) < 4.78 is 6.52. The van der Waals surface area contributed by atoms with Gasteiger partial charge in [0.25, 0.3) is 0 Å². The van der Waals surface area contributed by atoms with Crippen LogP contribution in [-0.2, 0) is 4.74 Å². The highest BCUT2D eigenvalue weighted by Crippen LogP contribution is 2.41. The monoisotopic (exact) mass is 239 g/mol. The average Bonchev–Trinajstić information content (AvgIpc) is 2.33. The topological polar surface area (TPSA) is 21.3 Å². The zero-order valence-electron chi connectivity index (χ0n) is 11.8. The lowest BCUT2D eigenvalue weighted by Crippen LogP contribution is -2.60. The van der Waals surface area contributed by atoms with Gasteiger partial charge < -0.3 is 10.1 Å². The van der Waals surface area contributed by atoms with Crippen LogP contribution in [0, 0.1) is 5.92 Å². The van der Waals surface area contributed by atoms with Gasteiger partial charge in [0.2, 0.25) is 0 Å². The zero-order valence-corrected chi connectivity index (χ0v) is 11.8. The van der Waals surface area contributed by atoms with Crippen LogP contribution < -0.4 is 5.32 Å². The number of hydrogen-bond donors (Lipinski definition) is 1. The molecule has 1 aliphatic carbocycles. The van der Waals surface area contributed by atoms with Crippen molar-refractivity contribution in [2.24, 2.45) is 5.92 Å². The minimum Gasteiger partial charge on any atom is -0.366 e. The van der Waals surface area contributed by atoms with Crippen molar-refractivity contribution in [1.29, 1.82) is 0 Å². The predicted molar refractivity (Wildman–Crippen MR) is 72.2 cm³/mol. The van der Waals surface area contributed by atoms with Gasteiger partial charge in [-0.3, -0.25) is 0 Å². The summed E-state index contributed by atoms with van der Waals surface area (Å²) in [6.45, 7) is 8.89. The van der Waals surface area contributed by atoms with Crippen LogP contribution in [0.4, 0.5) is 0 Å². The van der Waals surface area contributed by atoms with Crippen molar-refractivity contribution >= 4 is 0 Å². The van der Waals surface area contributed by atoms with Crippen LogP contribution in [0.25, 0.3) is 0 Å². The van der Waals surface area contributed by atoms with Crippen LogP contribution in [0.2, 0.25) is 0 Å². The second-order valence-electron chi connectivity index (χ2n) is 6.42. The lowest BCUT2D eigenvalue weighted by molar-refractivity contribution is -0.188. The number of morpholine rings is 1. The molecule has 0 aromatic heterocycles. The first-order chi connectivity index (χ1) is 8.11. The normalized spacial score (nSPS) is 42.9. The molecule has 2 heteroatoms. The van der Waals surface area contributed by atoms with E-state index < -0.39 is 0 Å². The molecule has 1 heterocycles. The van der Waals surface area contributed by atoms with Gasteiger partial charge in [0.1, 0.15) is 0 Å². The molecule has 1 saturated heterocycles. The number of nitrogens with one attached hydrogen (secondary N) is 1. The predicted octanol–water partition coefficient (Wildman–Crippen LogP) is 3.50. The summed E-state index contributed by atoms with van der Waals surface area (Å²) >= 11 is 0. The zero-order chi connectivity index (χ0) is 12.4. The van der Waals surface area contributed by atoms with E-state index in [4.69, 9.17) is 4.74 Å². The Bertz CT molecular complexity index is 245. The highest BCUT2D eigenvalue weighted by Gasteiger charge is 2.44. The van der Waals surface area contributed by atoms with Gasteiger partial charge in [-0.25, -0.2) is 0 Å². The van der Waals surface area contributed by atoms with Crippen LogP contribution in [0.1, 0.15) is 65.7 Å². The molecule has 1 aliphatic heterocycles. The first-order valence-corrected chi connectivity index (χ1v) is 7.52. The quantitative estimate of drug-likeness (QED) is 0.814. The van der Waals surface area contributed by atoms with Crippen molar-refractivity contribution in [3.63, 3.8) is 0 Å². The fourth-order valence-electron chi connectivity index (χ4n) is 3.53. The third-order valence-electron chi connectivity index (χ3n) is 4.87. The minimum absolute atomic E-state index is 0.0653. The molecule has 0 bridgehead atoms. The maximum atomic E-state index is 6.52. The van der Waals surface area contributed by atoms with Crippen LogP contribution in [0.3, 0.4) is 0 Å². The van der Waals surface area contributed by atoms with Gasteiger partial charge in [0.15, 0.2) is 0 Å². The van der Waals surface area contributed by atoms with E-state index in [0.717, 1.165) is 25.4 Å². The van der Waals surface area contributed by atoms with Crippen molar-refractivity contribution in [3.8, 4) is 0 Å². The van der Waals surface area contributed by atoms with E-state index in [1.54, 1.807) is 0 Å². The number of hydrogen-bond acceptors (Lipinski definition) is 2. The lowest BCUT2D eigenvalue weighted by Gasteiger charge is -2.50. The van der Waals surface area contributed by atoms with Crippen molar-refractivity contribution in [1.82, 2.24) is 5.32 Å². The standard InChI is InChI=1S/C15H29NO/c1-4-6-13-7-9-15(10-8-13)12-16-11-14(3,5-2)17-15/h13,16H,4-12H2,1-3H3. The molecule has 2 nitrogen and oxygen atoms in total. The van der Waals surface area contributed by atoms with Gasteiger partial charge in [-0.15, -0.1) is 0 Å². The molecule has 1 spiro atoms. The second-order valence-corrected chi connectivity index (χ2v) is 6.42. The summed E-state index contributed by atoms with van der Waals surface area (Å²) in [6.07, 6.45) is 9.13. The van der Waals surface area contributed by atoms with Crippen LogP contribution >= 0.6 is 0 Å². The molecule has 17 heavy (non-hydrogen) atoms. The highest BCUT2D eigenvalue weighted by atomic mass is 16.5. The molecule has 1 atom stereocenters. The van der Waals surface area contributed by atoms with E-state index in [2.05, 4.69) is 26.1 Å². The van der Waals surface area contributed by atoms with Gasteiger partial charge in [-0.2, -0.15) is 0 Å². The maximum Gasteiger partial charge on any atom is 0.0814 e. The maximum absolute atomic E-state index is 6.52. The smallest absolute Gasteiger partial charge is 0.0814 e. The van der Waals surface area contributed by atoms with Gasteiger partial charge in [0.05, 0.1) is 11.2 Å². The van der Waals surface area contributed by atoms with Gasteiger partial charge in [-0.1, -0.05) is 26.7 Å². The minimum atomic E-state index is 0.0653. The van der Waals surface area contributed by atoms with Gasteiger partial charge >= 0.3 is 0 Å². The Hall–Kier alpha value is -0.0800. The summed E-state index contributed by atoms with van der Waals surface area (Å²) in [5.41, 5.74) is 0.225. The SMILES string of the molecule is CCCC1CCC2(CC1)CNCC(C)(CC)O2. The summed E-state index contributed by atoms with van der Waals surface area (Å²) in [7, 11) is 0. The Morgan fingerprint density at radius 1 is 1.18 bits per heavy atom. The van der Waals surface area contributed by atoms with Gasteiger partial charge in [-0.05, 0) is 44.9 Å². The second kappa shape index (κ2) is 5.27. The van der Waals surface area contributed by atoms with Crippen molar-refractivity contribution < 1.29 is 4.74 Å². The van der Waals surface area contributed by atoms with Crippen LogP contribution in [-0.4, -0.2) is 24.3 Å². The molecule has 0 aromatic carbocycles. The Balaban J connectivity index is 1.93. The van der Waals surface area contributed by atoms with Crippen molar-refractivity contribution in [2.75, 3.05) is 13.1 Å². The lowest BCUT2D eigenvalue weighted by atomic mass is 9.75. The van der Waals surface area contributed by atoms with E-state index in [1.807, 2.05) is 0 Å². The average molecular weight is 239 g/mol. The Morgan fingerprint density at radius 2 is 1.88 bits per heavy atom. The molecule has 0 aromatic rings. The van der Waals surface area contributed by atoms with E-state index in [1.165, 1.54) is 38.5 Å². The molecular formula is C15H29NO. The molecule has 2 rings (SSSR count). The summed E-state index contributed by atoms with van der Waals surface area (Å²) in [5, 5.41) is 3.61. The van der Waals surface area contributed by atoms with Crippen LogP contribution in [0.5, 0.6) is 0 Å². The van der Waals surface area contributed by atoms with Crippen LogP contribution in [0.15, 0.2) is 0 Å². The van der Waals surface area contributed by atoms with Crippen molar-refractivity contribution in [3.05, 3.63) is 0 Å². The molecule has 1 N–H and O–H groups in total. The summed E-state index contributed by atoms with van der Waals surface area (Å²) in [6, 6.07) is 0. The molecule has 0 amide bonds. The van der Waals surface area contributed by atoms with E-state index in [9.17, 15) is 0 Å².